The van der Waals surface area contributed by atoms with Crippen LogP contribution >= 0.6 is 11.6 Å². The number of hydrogen-bond donors (Lipinski definition) is 0. The Morgan fingerprint density at radius 1 is 1.35 bits per heavy atom. The van der Waals surface area contributed by atoms with Crippen molar-refractivity contribution in [3.8, 4) is 0 Å². The molecule has 0 saturated heterocycles. The third-order valence-corrected chi connectivity index (χ3v) is 3.19. The summed E-state index contributed by atoms with van der Waals surface area (Å²) in [7, 11) is 1.56. The Labute approximate surface area is 105 Å². The summed E-state index contributed by atoms with van der Waals surface area (Å²) >= 11 is 5.84. The number of hydrazone groups is 1. The van der Waals surface area contributed by atoms with Gasteiger partial charge < -0.3 is 4.74 Å². The average molecular weight is 253 g/mol. The first-order valence-corrected chi connectivity index (χ1v) is 5.60. The number of halogens is 1. The van der Waals surface area contributed by atoms with Crippen LogP contribution in [-0.2, 0) is 10.3 Å². The van der Waals surface area contributed by atoms with Crippen molar-refractivity contribution in [1.82, 2.24) is 5.01 Å². The second kappa shape index (κ2) is 4.04. The number of carbonyl (C=O) groups is 1. The Kier molecular flexibility index (Phi) is 2.83. The highest BCUT2D eigenvalue weighted by molar-refractivity contribution is 6.30. The van der Waals surface area contributed by atoms with Gasteiger partial charge in [-0.15, -0.1) is 0 Å². The molecule has 4 nitrogen and oxygen atoms in total. The predicted octanol–water partition coefficient (Wildman–Crippen LogP) is 3.01. The van der Waals surface area contributed by atoms with Crippen molar-refractivity contribution >= 4 is 23.4 Å². The van der Waals surface area contributed by atoms with Crippen LogP contribution in [0.5, 0.6) is 0 Å². The monoisotopic (exact) mass is 252 g/mol. The minimum Gasteiger partial charge on any atom is -0.431 e. The van der Waals surface area contributed by atoms with E-state index in [1.165, 1.54) is 5.01 Å². The summed E-state index contributed by atoms with van der Waals surface area (Å²) in [6.07, 6.45) is -0.465. The van der Waals surface area contributed by atoms with E-state index in [-0.39, 0.29) is 0 Å². The van der Waals surface area contributed by atoms with Crippen molar-refractivity contribution in [2.45, 2.75) is 19.4 Å². The highest BCUT2D eigenvalue weighted by atomic mass is 35.5. The first-order valence-electron chi connectivity index (χ1n) is 5.22. The van der Waals surface area contributed by atoms with Crippen molar-refractivity contribution < 1.29 is 9.53 Å². The molecule has 5 heteroatoms. The van der Waals surface area contributed by atoms with E-state index in [9.17, 15) is 4.79 Å². The fraction of sp³-hybridized carbons (Fsp3) is 0.333. The maximum atomic E-state index is 11.6. The van der Waals surface area contributed by atoms with Crippen LogP contribution < -0.4 is 0 Å². The van der Waals surface area contributed by atoms with Crippen molar-refractivity contribution in [3.05, 3.63) is 34.9 Å². The zero-order valence-electron chi connectivity index (χ0n) is 9.90. The summed E-state index contributed by atoms with van der Waals surface area (Å²) in [6.45, 7) is 3.65. The molecule has 1 atom stereocenters. The molecule has 0 fully saturated rings. The molecule has 1 amide bonds. The predicted molar refractivity (Wildman–Crippen MR) is 66.2 cm³/mol. The second-order valence-electron chi connectivity index (χ2n) is 4.12. The van der Waals surface area contributed by atoms with Gasteiger partial charge in [-0.3, -0.25) is 0 Å². The van der Waals surface area contributed by atoms with Gasteiger partial charge in [-0.2, -0.15) is 5.10 Å². The molecule has 0 bridgehead atoms. The molecule has 2 rings (SSSR count). The van der Waals surface area contributed by atoms with Crippen LogP contribution in [0.4, 0.5) is 4.79 Å². The van der Waals surface area contributed by atoms with E-state index < -0.39 is 11.7 Å². The maximum absolute atomic E-state index is 11.6. The van der Waals surface area contributed by atoms with Gasteiger partial charge in [0, 0.05) is 17.6 Å². The lowest BCUT2D eigenvalue weighted by Crippen LogP contribution is -2.45. The fourth-order valence-corrected chi connectivity index (χ4v) is 1.84. The SMILES string of the molecule is CC1=NN(C)C(=O)OC1(C)c1ccc(Cl)cc1. The molecule has 1 aliphatic heterocycles. The van der Waals surface area contributed by atoms with E-state index in [0.717, 1.165) is 11.3 Å². The summed E-state index contributed by atoms with van der Waals surface area (Å²) in [5.41, 5.74) is 0.750. The first-order chi connectivity index (χ1) is 7.93. The van der Waals surface area contributed by atoms with Crippen LogP contribution in [-0.4, -0.2) is 23.9 Å². The van der Waals surface area contributed by atoms with Gasteiger partial charge in [-0.05, 0) is 26.0 Å². The van der Waals surface area contributed by atoms with Crippen molar-refractivity contribution in [2.75, 3.05) is 7.05 Å². The minimum atomic E-state index is -0.825. The lowest BCUT2D eigenvalue weighted by molar-refractivity contribution is 0.0320. The molecule has 1 aromatic carbocycles. The van der Waals surface area contributed by atoms with Gasteiger partial charge >= 0.3 is 6.09 Å². The molecule has 1 heterocycles. The highest BCUT2D eigenvalue weighted by Crippen LogP contribution is 2.31. The summed E-state index contributed by atoms with van der Waals surface area (Å²) in [5, 5.41) is 5.99. The summed E-state index contributed by atoms with van der Waals surface area (Å²) in [5.74, 6) is 0. The van der Waals surface area contributed by atoms with Gasteiger partial charge in [0.1, 0.15) is 0 Å². The largest absolute Gasteiger partial charge is 0.431 e. The topological polar surface area (TPSA) is 41.9 Å². The van der Waals surface area contributed by atoms with E-state index >= 15 is 0 Å². The number of hydrogen-bond acceptors (Lipinski definition) is 3. The Hall–Kier alpha value is -1.55. The number of cyclic esters (lactones) is 1. The molecule has 0 aliphatic carbocycles. The Bertz CT molecular complexity index is 484. The molecule has 17 heavy (non-hydrogen) atoms. The highest BCUT2D eigenvalue weighted by Gasteiger charge is 2.39. The average Bonchev–Trinajstić information content (AvgIpc) is 2.27. The third kappa shape index (κ3) is 2.00. The third-order valence-electron chi connectivity index (χ3n) is 2.94. The molecule has 1 aromatic rings. The van der Waals surface area contributed by atoms with Gasteiger partial charge in [0.25, 0.3) is 0 Å². The fourth-order valence-electron chi connectivity index (χ4n) is 1.71. The maximum Gasteiger partial charge on any atom is 0.431 e. The minimum absolute atomic E-state index is 0.465. The van der Waals surface area contributed by atoms with Gasteiger partial charge in [-0.25, -0.2) is 9.80 Å². The first kappa shape index (κ1) is 11.9. The Morgan fingerprint density at radius 2 is 1.94 bits per heavy atom. The standard InChI is InChI=1S/C12H13ClN2O2/c1-8-12(2,17-11(16)15(3)14-8)9-4-6-10(13)7-5-9/h4-7H,1-3H3. The number of ether oxygens (including phenoxy) is 1. The second-order valence-corrected chi connectivity index (χ2v) is 4.55. The molecular weight excluding hydrogens is 240 g/mol. The smallest absolute Gasteiger partial charge is 0.431 e. The van der Waals surface area contributed by atoms with Crippen molar-refractivity contribution in [1.29, 1.82) is 0 Å². The van der Waals surface area contributed by atoms with Crippen LogP contribution in [0, 0.1) is 0 Å². The van der Waals surface area contributed by atoms with E-state index in [4.69, 9.17) is 16.3 Å². The van der Waals surface area contributed by atoms with E-state index in [1.807, 2.05) is 26.0 Å². The zero-order chi connectivity index (χ0) is 12.6. The molecule has 0 saturated carbocycles. The van der Waals surface area contributed by atoms with Crippen LogP contribution in [0.2, 0.25) is 5.02 Å². The molecule has 0 N–H and O–H groups in total. The number of benzene rings is 1. The lowest BCUT2D eigenvalue weighted by atomic mass is 9.91. The lowest BCUT2D eigenvalue weighted by Gasteiger charge is -2.35. The normalized spacial score (nSPS) is 24.4. The van der Waals surface area contributed by atoms with E-state index in [2.05, 4.69) is 5.10 Å². The number of carbonyl (C=O) groups excluding carboxylic acids is 1. The zero-order valence-corrected chi connectivity index (χ0v) is 10.7. The molecule has 0 aromatic heterocycles. The summed E-state index contributed by atoms with van der Waals surface area (Å²) in [4.78, 5) is 11.6. The van der Waals surface area contributed by atoms with Gasteiger partial charge in [-0.1, -0.05) is 23.7 Å². The number of nitrogens with zero attached hydrogens (tertiary/aromatic N) is 2. The van der Waals surface area contributed by atoms with E-state index in [1.54, 1.807) is 19.2 Å². The summed E-state index contributed by atoms with van der Waals surface area (Å²) in [6, 6.07) is 7.20. The van der Waals surface area contributed by atoms with Crippen LogP contribution in [0.25, 0.3) is 0 Å². The van der Waals surface area contributed by atoms with Gasteiger partial charge in [0.15, 0.2) is 5.60 Å². The molecular formula is C12H13ClN2O2. The number of rotatable bonds is 1. The molecule has 0 spiro atoms. The van der Waals surface area contributed by atoms with Crippen LogP contribution in [0.1, 0.15) is 19.4 Å². The molecule has 90 valence electrons. The van der Waals surface area contributed by atoms with Gasteiger partial charge in [0.05, 0.1) is 5.71 Å². The quantitative estimate of drug-likeness (QED) is 0.771. The van der Waals surface area contributed by atoms with Crippen molar-refractivity contribution in [3.63, 3.8) is 0 Å². The molecule has 1 unspecified atom stereocenters. The Balaban J connectivity index is 2.46. The van der Waals surface area contributed by atoms with Gasteiger partial charge in [0.2, 0.25) is 0 Å². The molecule has 1 aliphatic rings. The van der Waals surface area contributed by atoms with Crippen LogP contribution in [0.15, 0.2) is 29.4 Å². The Morgan fingerprint density at radius 3 is 2.53 bits per heavy atom. The van der Waals surface area contributed by atoms with Crippen LogP contribution in [0.3, 0.4) is 0 Å². The van der Waals surface area contributed by atoms with E-state index in [0.29, 0.717) is 5.02 Å². The molecule has 0 radical (unpaired) electrons. The summed E-state index contributed by atoms with van der Waals surface area (Å²) < 4.78 is 5.44. The number of amides is 1. The van der Waals surface area contributed by atoms with Crippen molar-refractivity contribution in [2.24, 2.45) is 5.10 Å².